The molecule has 33 heavy (non-hydrogen) atoms. The predicted molar refractivity (Wildman–Crippen MR) is 118 cm³/mol. The fraction of sp³-hybridized carbons (Fsp3) is 0.318. The maximum absolute atomic E-state index is 13.1. The van der Waals surface area contributed by atoms with Gasteiger partial charge in [0, 0.05) is 30.4 Å². The molecule has 0 spiro atoms. The van der Waals surface area contributed by atoms with Crippen LogP contribution in [0.1, 0.15) is 18.4 Å². The number of benzene rings is 2. The van der Waals surface area contributed by atoms with Crippen molar-refractivity contribution in [2.24, 2.45) is 0 Å². The van der Waals surface area contributed by atoms with Crippen LogP contribution in [0.3, 0.4) is 0 Å². The van der Waals surface area contributed by atoms with Gasteiger partial charge in [-0.2, -0.15) is 17.5 Å². The average molecular weight is 500 g/mol. The van der Waals surface area contributed by atoms with Gasteiger partial charge in [0.1, 0.15) is 10.7 Å². The number of H-pyrrole nitrogens is 1. The van der Waals surface area contributed by atoms with Gasteiger partial charge in [-0.3, -0.25) is 0 Å². The Labute approximate surface area is 194 Å². The van der Waals surface area contributed by atoms with Crippen molar-refractivity contribution >= 4 is 21.6 Å². The number of nitrogens with zero attached hydrogens (tertiary/aromatic N) is 2. The number of alkyl halides is 3. The van der Waals surface area contributed by atoms with Crippen molar-refractivity contribution in [2.75, 3.05) is 13.1 Å². The lowest BCUT2D eigenvalue weighted by Gasteiger charge is -2.29. The summed E-state index contributed by atoms with van der Waals surface area (Å²) in [4.78, 5) is 7.40. The van der Waals surface area contributed by atoms with Gasteiger partial charge in [-0.15, -0.1) is 0 Å². The Balaban J connectivity index is 1.59. The van der Waals surface area contributed by atoms with Crippen molar-refractivity contribution in [1.29, 1.82) is 0 Å². The summed E-state index contributed by atoms with van der Waals surface area (Å²) >= 11 is 6.21. The molecule has 0 amide bonds. The zero-order valence-electron chi connectivity index (χ0n) is 17.3. The van der Waals surface area contributed by atoms with Crippen molar-refractivity contribution in [1.82, 2.24) is 14.3 Å². The zero-order valence-corrected chi connectivity index (χ0v) is 18.9. The first kappa shape index (κ1) is 23.7. The lowest BCUT2D eigenvalue weighted by molar-refractivity contribution is -0.127. The van der Waals surface area contributed by atoms with Crippen LogP contribution in [0.25, 0.3) is 22.6 Å². The first-order valence-corrected chi connectivity index (χ1v) is 12.0. The Morgan fingerprint density at radius 2 is 1.73 bits per heavy atom. The fourth-order valence-electron chi connectivity index (χ4n) is 3.71. The number of aromatic amines is 1. The van der Waals surface area contributed by atoms with E-state index in [1.807, 2.05) is 0 Å². The van der Waals surface area contributed by atoms with Crippen LogP contribution in [-0.2, 0) is 16.4 Å². The Kier molecular flexibility index (Phi) is 6.54. The lowest BCUT2D eigenvalue weighted by Crippen LogP contribution is -2.40. The number of nitrogens with one attached hydrogen (secondary N) is 1. The molecule has 2 aromatic carbocycles. The van der Waals surface area contributed by atoms with E-state index in [2.05, 4.69) is 9.97 Å². The van der Waals surface area contributed by atoms with Gasteiger partial charge < -0.3 is 10.1 Å². The molecule has 0 saturated carbocycles. The SMILES string of the molecule is O=S(=O)(c1cc(-c2nc(-c3ccc(CC(F)(F)F)cc3)c[nH]2)ccc1Cl)N1CCC(O)CC1. The van der Waals surface area contributed by atoms with E-state index in [-0.39, 0.29) is 28.6 Å². The number of rotatable bonds is 5. The number of aromatic nitrogens is 2. The molecule has 0 radical (unpaired) electrons. The minimum Gasteiger partial charge on any atom is -0.393 e. The maximum atomic E-state index is 13.1. The molecule has 1 saturated heterocycles. The molecular weight excluding hydrogens is 479 g/mol. The van der Waals surface area contributed by atoms with Crippen LogP contribution < -0.4 is 0 Å². The smallest absolute Gasteiger partial charge is 0.393 e. The molecule has 176 valence electrons. The first-order valence-electron chi connectivity index (χ1n) is 10.2. The minimum atomic E-state index is -4.28. The van der Waals surface area contributed by atoms with Gasteiger partial charge in [0.05, 0.1) is 23.2 Å². The Hall–Kier alpha value is -2.40. The van der Waals surface area contributed by atoms with E-state index in [4.69, 9.17) is 11.6 Å². The van der Waals surface area contributed by atoms with Gasteiger partial charge in [0.2, 0.25) is 10.0 Å². The molecule has 0 aliphatic carbocycles. The number of hydrogen-bond donors (Lipinski definition) is 2. The zero-order chi connectivity index (χ0) is 23.8. The van der Waals surface area contributed by atoms with Crippen molar-refractivity contribution in [3.63, 3.8) is 0 Å². The Bertz CT molecular complexity index is 1240. The second kappa shape index (κ2) is 9.09. The molecule has 3 aromatic rings. The van der Waals surface area contributed by atoms with Crippen molar-refractivity contribution in [3.05, 3.63) is 59.2 Å². The summed E-state index contributed by atoms with van der Waals surface area (Å²) in [6.45, 7) is 0.415. The van der Waals surface area contributed by atoms with Crippen molar-refractivity contribution in [2.45, 2.75) is 36.4 Å². The number of imidazole rings is 1. The van der Waals surface area contributed by atoms with Crippen LogP contribution in [0.2, 0.25) is 5.02 Å². The summed E-state index contributed by atoms with van der Waals surface area (Å²) in [5.74, 6) is 0.395. The molecule has 1 aliphatic rings. The molecular formula is C22H21ClF3N3O3S. The summed E-state index contributed by atoms with van der Waals surface area (Å²) in [7, 11) is -3.86. The molecule has 6 nitrogen and oxygen atoms in total. The highest BCUT2D eigenvalue weighted by Crippen LogP contribution is 2.32. The van der Waals surface area contributed by atoms with E-state index in [9.17, 15) is 26.7 Å². The number of hydrogen-bond acceptors (Lipinski definition) is 4. The fourth-order valence-corrected chi connectivity index (χ4v) is 5.68. The molecule has 0 unspecified atom stereocenters. The molecule has 0 atom stereocenters. The lowest BCUT2D eigenvalue weighted by atomic mass is 10.1. The molecule has 1 aromatic heterocycles. The van der Waals surface area contributed by atoms with E-state index in [1.165, 1.54) is 28.6 Å². The number of halogens is 4. The van der Waals surface area contributed by atoms with Gasteiger partial charge >= 0.3 is 6.18 Å². The minimum absolute atomic E-state index is 0.0486. The summed E-state index contributed by atoms with van der Waals surface area (Å²) in [5, 5.41) is 9.74. The largest absolute Gasteiger partial charge is 0.393 e. The van der Waals surface area contributed by atoms with E-state index in [1.54, 1.807) is 24.4 Å². The third kappa shape index (κ3) is 5.40. The molecule has 2 N–H and O–H groups in total. The van der Waals surface area contributed by atoms with Gasteiger partial charge in [-0.1, -0.05) is 35.9 Å². The highest BCUT2D eigenvalue weighted by atomic mass is 35.5. The second-order valence-electron chi connectivity index (χ2n) is 7.90. The van der Waals surface area contributed by atoms with Gasteiger partial charge in [0.15, 0.2) is 0 Å². The Morgan fingerprint density at radius 1 is 1.09 bits per heavy atom. The monoisotopic (exact) mass is 499 g/mol. The molecule has 1 fully saturated rings. The standard InChI is InChI=1S/C22H21ClF3N3O3S/c23-18-6-5-16(11-20(18)33(31,32)29-9-7-17(30)8-10-29)21-27-13-19(28-21)15-3-1-14(2-4-15)12-22(24,25)26/h1-6,11,13,17,30H,7-10,12H2,(H,27,28). The third-order valence-electron chi connectivity index (χ3n) is 5.48. The van der Waals surface area contributed by atoms with Crippen molar-refractivity contribution < 1.29 is 26.7 Å². The predicted octanol–water partition coefficient (Wildman–Crippen LogP) is 4.65. The first-order chi connectivity index (χ1) is 15.5. The van der Waals surface area contributed by atoms with Crippen LogP contribution in [-0.4, -0.2) is 53.2 Å². The van der Waals surface area contributed by atoms with Crippen LogP contribution in [0.5, 0.6) is 0 Å². The Morgan fingerprint density at radius 3 is 2.36 bits per heavy atom. The van der Waals surface area contributed by atoms with Crippen LogP contribution in [0.4, 0.5) is 13.2 Å². The average Bonchev–Trinajstić information content (AvgIpc) is 3.24. The van der Waals surface area contributed by atoms with Crippen LogP contribution in [0.15, 0.2) is 53.6 Å². The molecule has 4 rings (SSSR count). The number of aliphatic hydroxyl groups is 1. The number of sulfonamides is 1. The van der Waals surface area contributed by atoms with Crippen LogP contribution >= 0.6 is 11.6 Å². The van der Waals surface area contributed by atoms with Gasteiger partial charge in [-0.05, 0) is 36.6 Å². The number of aliphatic hydroxyl groups excluding tert-OH is 1. The van der Waals surface area contributed by atoms with Crippen LogP contribution in [0, 0.1) is 0 Å². The molecule has 1 aliphatic heterocycles. The van der Waals surface area contributed by atoms with E-state index in [0.717, 1.165) is 0 Å². The summed E-state index contributed by atoms with van der Waals surface area (Å²) in [6.07, 6.45) is -3.47. The summed E-state index contributed by atoms with van der Waals surface area (Å²) in [6, 6.07) is 10.5. The molecule has 2 heterocycles. The van der Waals surface area contributed by atoms with Gasteiger partial charge in [-0.25, -0.2) is 13.4 Å². The van der Waals surface area contributed by atoms with E-state index in [0.29, 0.717) is 35.5 Å². The topological polar surface area (TPSA) is 86.3 Å². The molecule has 0 bridgehead atoms. The summed E-state index contributed by atoms with van der Waals surface area (Å²) < 4.78 is 65.2. The number of piperidine rings is 1. The normalized spacial score (nSPS) is 16.3. The maximum Gasteiger partial charge on any atom is 0.393 e. The highest BCUT2D eigenvalue weighted by molar-refractivity contribution is 7.89. The summed E-state index contributed by atoms with van der Waals surface area (Å²) in [5.41, 5.74) is 1.78. The second-order valence-corrected chi connectivity index (χ2v) is 10.2. The quantitative estimate of drug-likeness (QED) is 0.535. The molecule has 11 heteroatoms. The van der Waals surface area contributed by atoms with E-state index < -0.39 is 28.7 Å². The third-order valence-corrected chi connectivity index (χ3v) is 7.86. The van der Waals surface area contributed by atoms with Gasteiger partial charge in [0.25, 0.3) is 0 Å². The van der Waals surface area contributed by atoms with E-state index >= 15 is 0 Å². The highest BCUT2D eigenvalue weighted by Gasteiger charge is 2.31. The van der Waals surface area contributed by atoms with Crippen molar-refractivity contribution in [3.8, 4) is 22.6 Å².